The SMILES string of the molecule is O=C(NCCc1cnc[nH]1)c1cc(-c2cccs2)nc2ccccc12. The van der Waals surface area contributed by atoms with Gasteiger partial charge < -0.3 is 10.3 Å². The number of amides is 1. The van der Waals surface area contributed by atoms with Crippen molar-refractivity contribution in [1.29, 1.82) is 0 Å². The number of benzene rings is 1. The van der Waals surface area contributed by atoms with E-state index in [4.69, 9.17) is 4.98 Å². The highest BCUT2D eigenvalue weighted by Crippen LogP contribution is 2.27. The number of para-hydroxylation sites is 1. The first-order chi connectivity index (χ1) is 12.3. The molecule has 0 fully saturated rings. The summed E-state index contributed by atoms with van der Waals surface area (Å²) in [5, 5.41) is 5.86. The maximum absolute atomic E-state index is 12.7. The molecule has 3 heterocycles. The van der Waals surface area contributed by atoms with Crippen molar-refractivity contribution < 1.29 is 4.79 Å². The Kier molecular flexibility index (Phi) is 4.26. The molecule has 0 aliphatic heterocycles. The largest absolute Gasteiger partial charge is 0.352 e. The van der Waals surface area contributed by atoms with Crippen molar-refractivity contribution in [3.8, 4) is 10.6 Å². The Morgan fingerprint density at radius 2 is 2.12 bits per heavy atom. The minimum Gasteiger partial charge on any atom is -0.352 e. The van der Waals surface area contributed by atoms with Crippen LogP contribution in [-0.2, 0) is 6.42 Å². The Balaban J connectivity index is 1.63. The number of rotatable bonds is 5. The summed E-state index contributed by atoms with van der Waals surface area (Å²) in [5.41, 5.74) is 3.30. The molecule has 4 rings (SSSR count). The average Bonchev–Trinajstić information content (AvgIpc) is 3.34. The van der Waals surface area contributed by atoms with Gasteiger partial charge in [-0.3, -0.25) is 4.79 Å². The number of carbonyl (C=O) groups is 1. The first-order valence-corrected chi connectivity index (χ1v) is 8.88. The molecule has 124 valence electrons. The highest BCUT2D eigenvalue weighted by molar-refractivity contribution is 7.13. The summed E-state index contributed by atoms with van der Waals surface area (Å²) >= 11 is 1.62. The van der Waals surface area contributed by atoms with E-state index in [9.17, 15) is 4.79 Å². The molecular formula is C19H16N4OS. The highest BCUT2D eigenvalue weighted by Gasteiger charge is 2.14. The molecule has 4 aromatic rings. The van der Waals surface area contributed by atoms with Crippen LogP contribution in [0.25, 0.3) is 21.5 Å². The van der Waals surface area contributed by atoms with E-state index in [0.717, 1.165) is 27.2 Å². The lowest BCUT2D eigenvalue weighted by Crippen LogP contribution is -2.26. The Labute approximate surface area is 148 Å². The van der Waals surface area contributed by atoms with E-state index >= 15 is 0 Å². The second kappa shape index (κ2) is 6.86. The zero-order valence-electron chi connectivity index (χ0n) is 13.4. The van der Waals surface area contributed by atoms with Gasteiger partial charge in [-0.1, -0.05) is 24.3 Å². The number of hydrogen-bond acceptors (Lipinski definition) is 4. The first kappa shape index (κ1) is 15.5. The molecule has 2 N–H and O–H groups in total. The zero-order valence-corrected chi connectivity index (χ0v) is 14.2. The normalized spacial score (nSPS) is 10.9. The van der Waals surface area contributed by atoms with E-state index < -0.39 is 0 Å². The Morgan fingerprint density at radius 1 is 1.20 bits per heavy atom. The lowest BCUT2D eigenvalue weighted by molar-refractivity contribution is 0.0955. The summed E-state index contributed by atoms with van der Waals surface area (Å²) < 4.78 is 0. The molecule has 0 atom stereocenters. The van der Waals surface area contributed by atoms with Gasteiger partial charge in [-0.15, -0.1) is 11.3 Å². The second-order valence-corrected chi connectivity index (χ2v) is 6.58. The zero-order chi connectivity index (χ0) is 17.1. The van der Waals surface area contributed by atoms with Crippen LogP contribution in [-0.4, -0.2) is 27.4 Å². The molecule has 0 aliphatic rings. The first-order valence-electron chi connectivity index (χ1n) is 8.00. The minimum atomic E-state index is -0.0871. The van der Waals surface area contributed by atoms with Crippen LogP contribution in [0.2, 0.25) is 0 Å². The van der Waals surface area contributed by atoms with Gasteiger partial charge in [-0.2, -0.15) is 0 Å². The molecule has 0 unspecified atom stereocenters. The third-order valence-electron chi connectivity index (χ3n) is 3.97. The minimum absolute atomic E-state index is 0.0871. The topological polar surface area (TPSA) is 70.7 Å². The average molecular weight is 348 g/mol. The molecule has 0 spiro atoms. The lowest BCUT2D eigenvalue weighted by Gasteiger charge is -2.09. The Hall–Kier alpha value is -2.99. The second-order valence-electron chi connectivity index (χ2n) is 5.63. The van der Waals surface area contributed by atoms with Gasteiger partial charge in [0.25, 0.3) is 5.91 Å². The molecule has 0 saturated heterocycles. The van der Waals surface area contributed by atoms with Crippen LogP contribution in [0.1, 0.15) is 16.1 Å². The third kappa shape index (κ3) is 3.29. The molecular weight excluding hydrogens is 332 g/mol. The third-order valence-corrected chi connectivity index (χ3v) is 4.86. The van der Waals surface area contributed by atoms with Crippen molar-refractivity contribution in [3.05, 3.63) is 71.6 Å². The van der Waals surface area contributed by atoms with E-state index in [0.29, 0.717) is 18.5 Å². The van der Waals surface area contributed by atoms with Gasteiger partial charge in [0.2, 0.25) is 0 Å². The maximum Gasteiger partial charge on any atom is 0.252 e. The predicted molar refractivity (Wildman–Crippen MR) is 99.7 cm³/mol. The number of imidazole rings is 1. The van der Waals surface area contributed by atoms with E-state index in [1.54, 1.807) is 23.9 Å². The van der Waals surface area contributed by atoms with Crippen molar-refractivity contribution in [1.82, 2.24) is 20.3 Å². The number of nitrogens with zero attached hydrogens (tertiary/aromatic N) is 2. The molecule has 5 nitrogen and oxygen atoms in total. The number of aromatic nitrogens is 3. The van der Waals surface area contributed by atoms with Crippen LogP contribution in [0.3, 0.4) is 0 Å². The molecule has 0 bridgehead atoms. The van der Waals surface area contributed by atoms with Gasteiger partial charge in [-0.25, -0.2) is 9.97 Å². The van der Waals surface area contributed by atoms with Gasteiger partial charge in [0.1, 0.15) is 0 Å². The highest BCUT2D eigenvalue weighted by atomic mass is 32.1. The summed E-state index contributed by atoms with van der Waals surface area (Å²) in [6, 6.07) is 13.6. The van der Waals surface area contributed by atoms with Crippen LogP contribution >= 0.6 is 11.3 Å². The van der Waals surface area contributed by atoms with Crippen LogP contribution in [0.5, 0.6) is 0 Å². The predicted octanol–water partition coefficient (Wildman–Crippen LogP) is 3.66. The van der Waals surface area contributed by atoms with Gasteiger partial charge in [-0.05, 0) is 23.6 Å². The number of thiophene rings is 1. The van der Waals surface area contributed by atoms with Crippen molar-refractivity contribution in [2.75, 3.05) is 6.54 Å². The van der Waals surface area contributed by atoms with Gasteiger partial charge in [0.05, 0.1) is 28.0 Å². The summed E-state index contributed by atoms with van der Waals surface area (Å²) in [4.78, 5) is 25.5. The summed E-state index contributed by atoms with van der Waals surface area (Å²) in [7, 11) is 0. The number of fused-ring (bicyclic) bond motifs is 1. The molecule has 3 aromatic heterocycles. The Bertz CT molecular complexity index is 994. The fourth-order valence-electron chi connectivity index (χ4n) is 2.74. The molecule has 1 aromatic carbocycles. The van der Waals surface area contributed by atoms with Gasteiger partial charge in [0.15, 0.2) is 0 Å². The van der Waals surface area contributed by atoms with Gasteiger partial charge >= 0.3 is 0 Å². The standard InChI is InChI=1S/C19H16N4OS/c24-19(21-8-7-13-11-20-12-22-13)15-10-17(18-6-3-9-25-18)23-16-5-2-1-4-14(15)16/h1-6,9-12H,7-8H2,(H,20,22)(H,21,24). The number of pyridine rings is 1. The Morgan fingerprint density at radius 3 is 2.92 bits per heavy atom. The molecule has 25 heavy (non-hydrogen) atoms. The summed E-state index contributed by atoms with van der Waals surface area (Å²) in [6.45, 7) is 0.548. The summed E-state index contributed by atoms with van der Waals surface area (Å²) in [6.07, 6.45) is 4.12. The van der Waals surface area contributed by atoms with Crippen molar-refractivity contribution in [2.24, 2.45) is 0 Å². The number of hydrogen-bond donors (Lipinski definition) is 2. The van der Waals surface area contributed by atoms with E-state index in [2.05, 4.69) is 15.3 Å². The van der Waals surface area contributed by atoms with Gasteiger partial charge in [0, 0.05) is 30.2 Å². The molecule has 0 saturated carbocycles. The molecule has 1 amide bonds. The fraction of sp³-hybridized carbons (Fsp3) is 0.105. The molecule has 0 aliphatic carbocycles. The van der Waals surface area contributed by atoms with Crippen LogP contribution < -0.4 is 5.32 Å². The van der Waals surface area contributed by atoms with Crippen LogP contribution in [0.15, 0.2) is 60.4 Å². The quantitative estimate of drug-likeness (QED) is 0.578. The lowest BCUT2D eigenvalue weighted by atomic mass is 10.1. The van der Waals surface area contributed by atoms with Crippen molar-refractivity contribution >= 4 is 28.1 Å². The summed E-state index contributed by atoms with van der Waals surface area (Å²) in [5.74, 6) is -0.0871. The van der Waals surface area contributed by atoms with E-state index in [-0.39, 0.29) is 5.91 Å². The van der Waals surface area contributed by atoms with E-state index in [1.165, 1.54) is 0 Å². The fourth-order valence-corrected chi connectivity index (χ4v) is 3.43. The molecule has 0 radical (unpaired) electrons. The monoisotopic (exact) mass is 348 g/mol. The number of nitrogens with one attached hydrogen (secondary N) is 2. The van der Waals surface area contributed by atoms with Crippen LogP contribution in [0.4, 0.5) is 0 Å². The smallest absolute Gasteiger partial charge is 0.252 e. The van der Waals surface area contributed by atoms with Crippen LogP contribution in [0, 0.1) is 0 Å². The van der Waals surface area contributed by atoms with E-state index in [1.807, 2.05) is 47.8 Å². The number of H-pyrrole nitrogens is 1. The number of carbonyl (C=O) groups excluding carboxylic acids is 1. The number of aromatic amines is 1. The molecule has 6 heteroatoms. The van der Waals surface area contributed by atoms with Crippen molar-refractivity contribution in [2.45, 2.75) is 6.42 Å². The maximum atomic E-state index is 12.7. The van der Waals surface area contributed by atoms with Crippen molar-refractivity contribution in [3.63, 3.8) is 0 Å².